The second-order valence-electron chi connectivity index (χ2n) is 9.26. The fourth-order valence-electron chi connectivity index (χ4n) is 5.29. The molecule has 0 atom stereocenters. The normalized spacial score (nSPS) is 20.2. The Morgan fingerprint density at radius 1 is 0.372 bits per heavy atom. The molecule has 43 heavy (non-hydrogen) atoms. The van der Waals surface area contributed by atoms with Crippen LogP contribution in [0.4, 0.5) is 0 Å². The first-order valence-corrected chi connectivity index (χ1v) is 12.7. The molecule has 0 spiro atoms. The fraction of sp³-hybridized carbons (Fsp3) is 0. The van der Waals surface area contributed by atoms with Crippen LogP contribution in [0.5, 0.6) is 0 Å². The fourth-order valence-corrected chi connectivity index (χ4v) is 5.29. The predicted molar refractivity (Wildman–Crippen MR) is 183 cm³/mol. The topological polar surface area (TPSA) is 13.1 Å². The van der Waals surface area contributed by atoms with Gasteiger partial charge in [0.2, 0.25) is 0 Å². The number of furan rings is 1. The molecule has 1 heteroatoms. The summed E-state index contributed by atoms with van der Waals surface area (Å²) in [5.74, 6) is 0. The van der Waals surface area contributed by atoms with Crippen LogP contribution >= 0.6 is 0 Å². The predicted octanol–water partition coefficient (Wildman–Crippen LogP) is 12.0. The van der Waals surface area contributed by atoms with Crippen LogP contribution in [0, 0.1) is 0 Å². The molecule has 9 aromatic rings. The molecule has 0 unspecified atom stereocenters. The lowest BCUT2D eigenvalue weighted by molar-refractivity contribution is 0.669. The zero-order chi connectivity index (χ0) is 51.0. The maximum Gasteiger partial charge on any atom is 0.136 e. The quantitative estimate of drug-likeness (QED) is 0.192. The smallest absolute Gasteiger partial charge is 0.136 e. The number of benzene rings is 8. The molecule has 0 bridgehead atoms. The third-order valence-corrected chi connectivity index (χ3v) is 7.01. The van der Waals surface area contributed by atoms with Gasteiger partial charge in [-0.3, -0.25) is 0 Å². The Bertz CT molecular complexity index is 3860. The summed E-state index contributed by atoms with van der Waals surface area (Å²) in [5, 5.41) is -5.26. The lowest BCUT2D eigenvalue weighted by Gasteiger charge is -2.18. The number of hydrogen-bond donors (Lipinski definition) is 0. The van der Waals surface area contributed by atoms with Gasteiger partial charge in [-0.25, -0.2) is 0 Å². The Kier molecular flexibility index (Phi) is 2.13. The van der Waals surface area contributed by atoms with E-state index in [4.69, 9.17) is 30.5 Å². The van der Waals surface area contributed by atoms with Crippen molar-refractivity contribution in [2.75, 3.05) is 0 Å². The molecule has 1 heterocycles. The van der Waals surface area contributed by atoms with Gasteiger partial charge in [0, 0.05) is 10.8 Å². The summed E-state index contributed by atoms with van der Waals surface area (Å²) >= 11 is 0. The van der Waals surface area contributed by atoms with Crippen molar-refractivity contribution in [1.29, 1.82) is 0 Å². The SMILES string of the molecule is [2H]c1c([2H])c([2H])c(-c2c([2H])c([2H])c([2H])c3oc4c([2H])c([2H])c([2H])c(-c5c6c([2H])c([2H])c([2H])c([2H])c6c(-c6c([2H])c([2H])c7c([2H])c([2H])c([2H])c([2H])c7c6[2H])c6c([2H])c([2H])c([2H])c([2H])c56)c4c23)c([2H])c1[2H]. The molecular weight excluding hydrogens is 520 g/mol. The summed E-state index contributed by atoms with van der Waals surface area (Å²) < 4.78 is 238. The molecule has 1 nitrogen and oxygen atoms in total. The van der Waals surface area contributed by atoms with Gasteiger partial charge in [-0.2, -0.15) is 0 Å². The van der Waals surface area contributed by atoms with E-state index in [1.807, 2.05) is 0 Å². The number of fused-ring (bicyclic) bond motifs is 6. The maximum atomic E-state index is 9.57. The first kappa shape index (κ1) is 9.69. The molecule has 0 saturated carbocycles. The minimum atomic E-state index is -0.997. The highest BCUT2D eigenvalue weighted by atomic mass is 16.3. The minimum absolute atomic E-state index is 0.567. The van der Waals surface area contributed by atoms with E-state index in [9.17, 15) is 9.60 Å². The molecule has 0 aliphatic carbocycles. The molecular formula is C42H26O. The van der Waals surface area contributed by atoms with Crippen molar-refractivity contribution in [3.05, 3.63) is 157 Å². The molecule has 1 aromatic heterocycles. The molecule has 0 radical (unpaired) electrons. The van der Waals surface area contributed by atoms with Crippen LogP contribution < -0.4 is 0 Å². The van der Waals surface area contributed by atoms with Crippen molar-refractivity contribution in [3.8, 4) is 33.4 Å². The highest BCUT2D eigenvalue weighted by molar-refractivity contribution is 6.27. The Morgan fingerprint density at radius 3 is 1.58 bits per heavy atom. The molecule has 0 amide bonds. The van der Waals surface area contributed by atoms with Crippen molar-refractivity contribution < 1.29 is 40.1 Å². The van der Waals surface area contributed by atoms with E-state index in [2.05, 4.69) is 0 Å². The Hall–Kier alpha value is -5.66. The van der Waals surface area contributed by atoms with Gasteiger partial charge in [0.15, 0.2) is 0 Å². The van der Waals surface area contributed by atoms with Crippen LogP contribution in [0.1, 0.15) is 35.6 Å². The molecule has 0 aliphatic heterocycles. The van der Waals surface area contributed by atoms with Crippen LogP contribution in [0.15, 0.2) is 162 Å². The summed E-state index contributed by atoms with van der Waals surface area (Å²) in [7, 11) is 0. The van der Waals surface area contributed by atoms with Gasteiger partial charge in [0.25, 0.3) is 0 Å². The molecule has 0 aliphatic rings. The zero-order valence-corrected chi connectivity index (χ0v) is 21.4. The van der Waals surface area contributed by atoms with Crippen molar-refractivity contribution in [2.24, 2.45) is 0 Å². The van der Waals surface area contributed by atoms with Crippen molar-refractivity contribution in [3.63, 3.8) is 0 Å². The largest absolute Gasteiger partial charge is 0.456 e. The van der Waals surface area contributed by atoms with Gasteiger partial charge in [0.05, 0.1) is 35.6 Å². The van der Waals surface area contributed by atoms with E-state index < -0.39 is 245 Å². The van der Waals surface area contributed by atoms with Crippen LogP contribution in [0.2, 0.25) is 0 Å². The third-order valence-electron chi connectivity index (χ3n) is 7.01. The second kappa shape index (κ2) is 9.44. The zero-order valence-electron chi connectivity index (χ0n) is 47.4. The van der Waals surface area contributed by atoms with E-state index in [-0.39, 0.29) is 0 Å². The van der Waals surface area contributed by atoms with Gasteiger partial charge in [-0.1, -0.05) is 139 Å². The van der Waals surface area contributed by atoms with Gasteiger partial charge in [-0.15, -0.1) is 0 Å². The Balaban J connectivity index is 1.69. The average Bonchev–Trinajstić information content (AvgIpc) is 3.71. The van der Waals surface area contributed by atoms with Crippen molar-refractivity contribution in [1.82, 2.24) is 0 Å². The average molecular weight is 573 g/mol. The van der Waals surface area contributed by atoms with Crippen molar-refractivity contribution >= 4 is 54.3 Å². The van der Waals surface area contributed by atoms with Gasteiger partial charge < -0.3 is 4.42 Å². The molecule has 8 aromatic carbocycles. The molecule has 0 fully saturated rings. The summed E-state index contributed by atoms with van der Waals surface area (Å²) in [6.45, 7) is 0. The third kappa shape index (κ3) is 3.65. The standard InChI is InChI=1S/C42H26O/c1-2-13-28(14-3-1)31-20-10-22-37-41(31)42-36(21-11-23-38(42)43-37)40-34-18-8-6-16-32(34)39(33-17-7-9-19-35(33)40)30-25-24-27-12-4-5-15-29(27)26-30/h1-26H/i1D,2D,3D,4D,5D,6D,7D,8D,9D,10D,11D,12D,13D,14D,15D,16D,17D,18D,19D,20D,21D,22D,23D,24D,25D,26D. The molecule has 9 rings (SSSR count). The second-order valence-corrected chi connectivity index (χ2v) is 9.26. The lowest BCUT2D eigenvalue weighted by Crippen LogP contribution is -1.91. The molecule has 0 saturated heterocycles. The van der Waals surface area contributed by atoms with E-state index in [1.54, 1.807) is 0 Å². The summed E-state index contributed by atoms with van der Waals surface area (Å²) in [6, 6.07) is -24.0. The Labute approximate surface area is 285 Å². The Morgan fingerprint density at radius 2 is 0.907 bits per heavy atom. The minimum Gasteiger partial charge on any atom is -0.456 e. The molecule has 0 N–H and O–H groups in total. The summed E-state index contributed by atoms with van der Waals surface area (Å²) in [4.78, 5) is 0. The van der Waals surface area contributed by atoms with Crippen LogP contribution in [0.25, 0.3) is 87.6 Å². The summed E-state index contributed by atoms with van der Waals surface area (Å²) in [6.07, 6.45) is 0. The molecule has 200 valence electrons. The van der Waals surface area contributed by atoms with Crippen molar-refractivity contribution in [2.45, 2.75) is 0 Å². The number of hydrogen-bond acceptors (Lipinski definition) is 1. The van der Waals surface area contributed by atoms with E-state index in [1.165, 1.54) is 0 Å². The first-order chi connectivity index (χ1) is 32.2. The van der Waals surface area contributed by atoms with Gasteiger partial charge in [-0.05, 0) is 83.8 Å². The monoisotopic (exact) mass is 572 g/mol. The highest BCUT2D eigenvalue weighted by Gasteiger charge is 2.21. The van der Waals surface area contributed by atoms with Crippen LogP contribution in [-0.2, 0) is 0 Å². The number of rotatable bonds is 3. The van der Waals surface area contributed by atoms with Gasteiger partial charge >= 0.3 is 0 Å². The van der Waals surface area contributed by atoms with E-state index in [0.717, 1.165) is 0 Å². The van der Waals surface area contributed by atoms with Crippen LogP contribution in [-0.4, -0.2) is 0 Å². The summed E-state index contributed by atoms with van der Waals surface area (Å²) in [5.41, 5.74) is -5.68. The van der Waals surface area contributed by atoms with Crippen LogP contribution in [0.3, 0.4) is 0 Å². The van der Waals surface area contributed by atoms with Gasteiger partial charge in [0.1, 0.15) is 11.2 Å². The first-order valence-electron chi connectivity index (χ1n) is 25.7. The van der Waals surface area contributed by atoms with E-state index >= 15 is 0 Å². The highest BCUT2D eigenvalue weighted by Crippen LogP contribution is 2.48. The lowest BCUT2D eigenvalue weighted by atomic mass is 9.84. The van der Waals surface area contributed by atoms with E-state index in [0.29, 0.717) is 0 Å². The maximum absolute atomic E-state index is 9.57.